The lowest BCUT2D eigenvalue weighted by atomic mass is 9.99. The zero-order valence-electron chi connectivity index (χ0n) is 11.3. The highest BCUT2D eigenvalue weighted by Gasteiger charge is 2.36. The van der Waals surface area contributed by atoms with E-state index >= 15 is 0 Å². The molecule has 1 aromatic carbocycles. The minimum absolute atomic E-state index is 0.245. The molecule has 0 amide bonds. The molecule has 1 aliphatic rings. The zero-order chi connectivity index (χ0) is 14.4. The molecule has 4 rings (SSSR count). The molecule has 0 aliphatic heterocycles. The van der Waals surface area contributed by atoms with Gasteiger partial charge in [-0.2, -0.15) is 4.98 Å². The van der Waals surface area contributed by atoms with Crippen LogP contribution in [-0.4, -0.2) is 10.1 Å². The van der Waals surface area contributed by atoms with Crippen LogP contribution in [0.4, 0.5) is 4.39 Å². The normalized spacial score (nSPS) is 17.6. The third kappa shape index (κ3) is 2.15. The largest absolute Gasteiger partial charge is 0.333 e. The van der Waals surface area contributed by atoms with Crippen molar-refractivity contribution in [3.63, 3.8) is 0 Å². The number of benzene rings is 1. The molecule has 2 aromatic heterocycles. The standard InChI is InChI=1S/C15H14FN3OS/c16-10-3-4-11-9(7-10)8-12(21-11)13-18-14(19-20-13)15(17)5-1-2-6-15/h3-4,7-8H,1-2,5-6,17H2. The lowest BCUT2D eigenvalue weighted by molar-refractivity contribution is 0.373. The van der Waals surface area contributed by atoms with Gasteiger partial charge in [0.15, 0.2) is 5.82 Å². The Morgan fingerprint density at radius 1 is 1.24 bits per heavy atom. The summed E-state index contributed by atoms with van der Waals surface area (Å²) in [6, 6.07) is 6.60. The maximum absolute atomic E-state index is 13.2. The highest BCUT2D eigenvalue weighted by molar-refractivity contribution is 7.22. The van der Waals surface area contributed by atoms with Crippen molar-refractivity contribution in [3.8, 4) is 10.8 Å². The minimum Gasteiger partial charge on any atom is -0.333 e. The van der Waals surface area contributed by atoms with Gasteiger partial charge in [-0.25, -0.2) is 4.39 Å². The Morgan fingerprint density at radius 3 is 2.86 bits per heavy atom. The second-order valence-electron chi connectivity index (χ2n) is 5.58. The van der Waals surface area contributed by atoms with Crippen LogP contribution in [0.3, 0.4) is 0 Å². The van der Waals surface area contributed by atoms with Crippen LogP contribution in [0.2, 0.25) is 0 Å². The summed E-state index contributed by atoms with van der Waals surface area (Å²) in [5.41, 5.74) is 5.88. The summed E-state index contributed by atoms with van der Waals surface area (Å²) < 4.78 is 19.6. The van der Waals surface area contributed by atoms with Crippen LogP contribution in [0.15, 0.2) is 28.8 Å². The van der Waals surface area contributed by atoms with Gasteiger partial charge < -0.3 is 10.3 Å². The van der Waals surface area contributed by atoms with Crippen molar-refractivity contribution in [1.29, 1.82) is 0 Å². The molecule has 1 fully saturated rings. The first-order chi connectivity index (χ1) is 10.1. The van der Waals surface area contributed by atoms with Crippen molar-refractivity contribution in [2.75, 3.05) is 0 Å². The number of rotatable bonds is 2. The van der Waals surface area contributed by atoms with E-state index in [0.717, 1.165) is 40.6 Å². The monoisotopic (exact) mass is 303 g/mol. The molecule has 0 radical (unpaired) electrons. The lowest BCUT2D eigenvalue weighted by Crippen LogP contribution is -2.34. The fourth-order valence-electron chi connectivity index (χ4n) is 2.87. The van der Waals surface area contributed by atoms with E-state index in [9.17, 15) is 4.39 Å². The summed E-state index contributed by atoms with van der Waals surface area (Å²) in [6.45, 7) is 0. The van der Waals surface area contributed by atoms with E-state index in [2.05, 4.69) is 10.1 Å². The van der Waals surface area contributed by atoms with E-state index < -0.39 is 5.54 Å². The molecule has 2 N–H and O–H groups in total. The second-order valence-corrected chi connectivity index (χ2v) is 6.66. The Hall–Kier alpha value is -1.79. The topological polar surface area (TPSA) is 64.9 Å². The molecular formula is C15H14FN3OS. The van der Waals surface area contributed by atoms with Gasteiger partial charge in [-0.15, -0.1) is 11.3 Å². The molecule has 6 heteroatoms. The Bertz CT molecular complexity index is 804. The number of hydrogen-bond donors (Lipinski definition) is 1. The van der Waals surface area contributed by atoms with Gasteiger partial charge in [-0.05, 0) is 42.5 Å². The van der Waals surface area contributed by atoms with Crippen LogP contribution < -0.4 is 5.73 Å². The molecule has 0 bridgehead atoms. The van der Waals surface area contributed by atoms with E-state index in [1.165, 1.54) is 23.5 Å². The third-order valence-electron chi connectivity index (χ3n) is 4.06. The molecule has 0 unspecified atom stereocenters. The fraction of sp³-hybridized carbons (Fsp3) is 0.333. The van der Waals surface area contributed by atoms with Crippen LogP contribution in [-0.2, 0) is 5.54 Å². The Labute approximate surface area is 124 Å². The van der Waals surface area contributed by atoms with Gasteiger partial charge >= 0.3 is 0 Å². The number of hydrogen-bond acceptors (Lipinski definition) is 5. The van der Waals surface area contributed by atoms with Crippen molar-refractivity contribution < 1.29 is 8.91 Å². The average Bonchev–Trinajstić information content (AvgIpc) is 3.15. The van der Waals surface area contributed by atoms with Crippen LogP contribution in [0, 0.1) is 5.82 Å². The summed E-state index contributed by atoms with van der Waals surface area (Å²) >= 11 is 1.51. The summed E-state index contributed by atoms with van der Waals surface area (Å²) in [6.07, 6.45) is 3.98. The summed E-state index contributed by atoms with van der Waals surface area (Å²) in [5.74, 6) is 0.798. The molecular weight excluding hydrogens is 289 g/mol. The summed E-state index contributed by atoms with van der Waals surface area (Å²) in [4.78, 5) is 5.31. The van der Waals surface area contributed by atoms with E-state index in [0.29, 0.717) is 11.7 Å². The smallest absolute Gasteiger partial charge is 0.268 e. The van der Waals surface area contributed by atoms with Gasteiger partial charge in [0.25, 0.3) is 5.89 Å². The molecule has 0 saturated heterocycles. The van der Waals surface area contributed by atoms with E-state index in [-0.39, 0.29) is 5.82 Å². The first-order valence-electron chi connectivity index (χ1n) is 6.97. The van der Waals surface area contributed by atoms with Crippen molar-refractivity contribution in [1.82, 2.24) is 10.1 Å². The van der Waals surface area contributed by atoms with Crippen molar-refractivity contribution in [2.45, 2.75) is 31.2 Å². The first kappa shape index (κ1) is 12.9. The zero-order valence-corrected chi connectivity index (χ0v) is 12.1. The molecule has 0 atom stereocenters. The molecule has 0 spiro atoms. The van der Waals surface area contributed by atoms with E-state index in [1.54, 1.807) is 6.07 Å². The van der Waals surface area contributed by atoms with Crippen molar-refractivity contribution in [3.05, 3.63) is 35.9 Å². The van der Waals surface area contributed by atoms with E-state index in [4.69, 9.17) is 10.3 Å². The van der Waals surface area contributed by atoms with Crippen LogP contribution in [0.1, 0.15) is 31.5 Å². The number of fused-ring (bicyclic) bond motifs is 1. The third-order valence-corrected chi connectivity index (χ3v) is 5.16. The van der Waals surface area contributed by atoms with Crippen LogP contribution in [0.25, 0.3) is 20.9 Å². The molecule has 4 nitrogen and oxygen atoms in total. The molecule has 3 aromatic rings. The number of nitrogens with two attached hydrogens (primary N) is 1. The average molecular weight is 303 g/mol. The van der Waals surface area contributed by atoms with Gasteiger partial charge in [0.1, 0.15) is 5.82 Å². The fourth-order valence-corrected chi connectivity index (χ4v) is 3.84. The molecule has 1 saturated carbocycles. The molecule has 108 valence electrons. The van der Waals surface area contributed by atoms with Crippen LogP contribution >= 0.6 is 11.3 Å². The van der Waals surface area contributed by atoms with Gasteiger partial charge in [-0.1, -0.05) is 18.0 Å². The van der Waals surface area contributed by atoms with Crippen molar-refractivity contribution in [2.24, 2.45) is 5.73 Å². The molecule has 1 aliphatic carbocycles. The second kappa shape index (κ2) is 4.61. The first-order valence-corrected chi connectivity index (χ1v) is 7.78. The minimum atomic E-state index is -0.454. The Morgan fingerprint density at radius 2 is 2.05 bits per heavy atom. The number of halogens is 1. The van der Waals surface area contributed by atoms with Gasteiger partial charge in [0, 0.05) is 4.70 Å². The molecule has 2 heterocycles. The summed E-state index contributed by atoms with van der Waals surface area (Å²) in [7, 11) is 0. The molecule has 21 heavy (non-hydrogen) atoms. The SMILES string of the molecule is NC1(c2noc(-c3cc4cc(F)ccc4s3)n2)CCCC1. The van der Waals surface area contributed by atoms with E-state index in [1.807, 2.05) is 6.07 Å². The predicted molar refractivity (Wildman–Crippen MR) is 79.4 cm³/mol. The quantitative estimate of drug-likeness (QED) is 0.781. The van der Waals surface area contributed by atoms with Crippen molar-refractivity contribution >= 4 is 21.4 Å². The highest BCUT2D eigenvalue weighted by Crippen LogP contribution is 2.37. The maximum atomic E-state index is 13.2. The maximum Gasteiger partial charge on any atom is 0.268 e. The van der Waals surface area contributed by atoms with Gasteiger partial charge in [-0.3, -0.25) is 0 Å². The van der Waals surface area contributed by atoms with Crippen LogP contribution in [0.5, 0.6) is 0 Å². The van der Waals surface area contributed by atoms with Gasteiger partial charge in [0.05, 0.1) is 10.4 Å². The number of nitrogens with zero attached hydrogens (tertiary/aromatic N) is 2. The highest BCUT2D eigenvalue weighted by atomic mass is 32.1. The Kier molecular flexibility index (Phi) is 2.83. The Balaban J connectivity index is 1.73. The predicted octanol–water partition coefficient (Wildman–Crippen LogP) is 3.82. The number of thiophene rings is 1. The number of aromatic nitrogens is 2. The van der Waals surface area contributed by atoms with Gasteiger partial charge in [0.2, 0.25) is 0 Å². The lowest BCUT2D eigenvalue weighted by Gasteiger charge is -2.17. The summed E-state index contributed by atoms with van der Waals surface area (Å²) in [5, 5.41) is 4.90.